The Bertz CT molecular complexity index is 530. The van der Waals surface area contributed by atoms with Crippen molar-refractivity contribution in [2.45, 2.75) is 25.5 Å². The van der Waals surface area contributed by atoms with E-state index in [1.165, 1.54) is 12.1 Å². The number of aromatic carboxylic acids is 1. The van der Waals surface area contributed by atoms with E-state index in [9.17, 15) is 13.8 Å². The molecule has 0 aliphatic rings. The van der Waals surface area contributed by atoms with Crippen LogP contribution in [0, 0.1) is 0 Å². The SMILES string of the molecule is CCCCN(C)C(=O)CS(=O)Cc1cccc(C(=O)O)c1. The van der Waals surface area contributed by atoms with Gasteiger partial charge in [-0.05, 0) is 24.1 Å². The molecule has 0 heterocycles. The predicted molar refractivity (Wildman–Crippen MR) is 82.7 cm³/mol. The molecule has 0 aliphatic carbocycles. The lowest BCUT2D eigenvalue weighted by molar-refractivity contribution is -0.127. The van der Waals surface area contributed by atoms with Crippen LogP contribution in [0.3, 0.4) is 0 Å². The number of hydrogen-bond acceptors (Lipinski definition) is 3. The second kappa shape index (κ2) is 8.56. The summed E-state index contributed by atoms with van der Waals surface area (Å²) in [6.07, 6.45) is 1.93. The molecular formula is C15H21NO4S. The Balaban J connectivity index is 2.55. The van der Waals surface area contributed by atoms with Gasteiger partial charge in [0.1, 0.15) is 5.75 Å². The zero-order valence-electron chi connectivity index (χ0n) is 12.4. The monoisotopic (exact) mass is 311 g/mol. The van der Waals surface area contributed by atoms with Crippen LogP contribution in [-0.2, 0) is 21.3 Å². The van der Waals surface area contributed by atoms with Crippen LogP contribution in [0.15, 0.2) is 24.3 Å². The van der Waals surface area contributed by atoms with Gasteiger partial charge in [-0.2, -0.15) is 0 Å². The maximum atomic E-state index is 12.0. The lowest BCUT2D eigenvalue weighted by Crippen LogP contribution is -2.31. The van der Waals surface area contributed by atoms with Crippen molar-refractivity contribution in [3.63, 3.8) is 0 Å². The molecule has 0 fully saturated rings. The van der Waals surface area contributed by atoms with Crippen molar-refractivity contribution < 1.29 is 18.9 Å². The highest BCUT2D eigenvalue weighted by molar-refractivity contribution is 7.84. The molecule has 21 heavy (non-hydrogen) atoms. The van der Waals surface area contributed by atoms with Gasteiger partial charge in [-0.15, -0.1) is 0 Å². The third kappa shape index (κ3) is 6.08. The van der Waals surface area contributed by atoms with Crippen LogP contribution in [-0.4, -0.2) is 45.4 Å². The van der Waals surface area contributed by atoms with E-state index in [4.69, 9.17) is 5.11 Å². The average molecular weight is 311 g/mol. The number of carbonyl (C=O) groups is 2. The molecule has 0 bridgehead atoms. The molecule has 0 radical (unpaired) electrons. The van der Waals surface area contributed by atoms with E-state index in [2.05, 4.69) is 0 Å². The standard InChI is InChI=1S/C15H21NO4S/c1-3-4-8-16(2)14(17)11-21(20)10-12-6-5-7-13(9-12)15(18)19/h5-7,9H,3-4,8,10-11H2,1-2H3,(H,18,19). The van der Waals surface area contributed by atoms with Gasteiger partial charge in [-0.25, -0.2) is 4.79 Å². The minimum atomic E-state index is -1.33. The van der Waals surface area contributed by atoms with Gasteiger partial charge < -0.3 is 10.0 Å². The first-order chi connectivity index (χ1) is 9.93. The van der Waals surface area contributed by atoms with Crippen molar-refractivity contribution in [2.75, 3.05) is 19.3 Å². The van der Waals surface area contributed by atoms with Gasteiger partial charge >= 0.3 is 5.97 Å². The number of unbranched alkanes of at least 4 members (excludes halogenated alkanes) is 1. The Labute approximate surface area is 127 Å². The first-order valence-electron chi connectivity index (χ1n) is 6.85. The van der Waals surface area contributed by atoms with Crippen LogP contribution in [0.5, 0.6) is 0 Å². The number of carboxylic acids is 1. The number of benzene rings is 1. The van der Waals surface area contributed by atoms with Crippen LogP contribution >= 0.6 is 0 Å². The van der Waals surface area contributed by atoms with E-state index in [-0.39, 0.29) is 23.0 Å². The summed E-state index contributed by atoms with van der Waals surface area (Å²) in [7, 11) is 0.376. The smallest absolute Gasteiger partial charge is 0.335 e. The van der Waals surface area contributed by atoms with Crippen LogP contribution < -0.4 is 0 Å². The molecule has 1 atom stereocenters. The van der Waals surface area contributed by atoms with Crippen LogP contribution in [0.25, 0.3) is 0 Å². The van der Waals surface area contributed by atoms with Crippen LogP contribution in [0.2, 0.25) is 0 Å². The Kier molecular flexibility index (Phi) is 7.08. The Hall–Kier alpha value is -1.69. The molecule has 1 aromatic rings. The van der Waals surface area contributed by atoms with Crippen molar-refractivity contribution in [1.82, 2.24) is 4.90 Å². The lowest BCUT2D eigenvalue weighted by atomic mass is 10.1. The van der Waals surface area contributed by atoms with Gasteiger partial charge in [0.15, 0.2) is 0 Å². The van der Waals surface area contributed by atoms with Crippen molar-refractivity contribution in [3.8, 4) is 0 Å². The second-order valence-electron chi connectivity index (χ2n) is 4.90. The third-order valence-electron chi connectivity index (χ3n) is 3.06. The zero-order chi connectivity index (χ0) is 15.8. The molecule has 0 aliphatic heterocycles. The van der Waals surface area contributed by atoms with Crippen molar-refractivity contribution in [2.24, 2.45) is 0 Å². The summed E-state index contributed by atoms with van der Waals surface area (Å²) in [4.78, 5) is 24.3. The number of nitrogens with zero attached hydrogens (tertiary/aromatic N) is 1. The summed E-state index contributed by atoms with van der Waals surface area (Å²) in [6, 6.07) is 6.31. The summed E-state index contributed by atoms with van der Waals surface area (Å²) < 4.78 is 12.0. The van der Waals surface area contributed by atoms with E-state index in [0.29, 0.717) is 12.1 Å². The highest BCUT2D eigenvalue weighted by atomic mass is 32.2. The third-order valence-corrected chi connectivity index (χ3v) is 4.28. The number of amides is 1. The molecule has 1 aromatic carbocycles. The highest BCUT2D eigenvalue weighted by Gasteiger charge is 2.13. The van der Waals surface area contributed by atoms with Crippen LogP contribution in [0.4, 0.5) is 0 Å². The van der Waals surface area contributed by atoms with Gasteiger partial charge in [-0.3, -0.25) is 9.00 Å². The molecule has 6 heteroatoms. The van der Waals surface area contributed by atoms with Crippen LogP contribution in [0.1, 0.15) is 35.7 Å². The quantitative estimate of drug-likeness (QED) is 0.795. The summed E-state index contributed by atoms with van der Waals surface area (Å²) in [5, 5.41) is 8.91. The second-order valence-corrected chi connectivity index (χ2v) is 6.36. The number of carbonyl (C=O) groups excluding carboxylic acids is 1. The van der Waals surface area contributed by atoms with Gasteiger partial charge in [0.25, 0.3) is 0 Å². The number of rotatable bonds is 8. The molecule has 1 unspecified atom stereocenters. The Morgan fingerprint density at radius 1 is 1.33 bits per heavy atom. The van der Waals surface area contributed by atoms with Crippen molar-refractivity contribution in [1.29, 1.82) is 0 Å². The highest BCUT2D eigenvalue weighted by Crippen LogP contribution is 2.08. The summed E-state index contributed by atoms with van der Waals surface area (Å²) in [5.41, 5.74) is 0.827. The Morgan fingerprint density at radius 2 is 2.05 bits per heavy atom. The van der Waals surface area contributed by atoms with E-state index in [0.717, 1.165) is 12.8 Å². The first-order valence-corrected chi connectivity index (χ1v) is 8.34. The minimum absolute atomic E-state index is 0.0302. The van der Waals surface area contributed by atoms with E-state index in [1.807, 2.05) is 6.92 Å². The number of hydrogen-bond donors (Lipinski definition) is 1. The topological polar surface area (TPSA) is 74.7 Å². The Morgan fingerprint density at radius 3 is 2.67 bits per heavy atom. The summed E-state index contributed by atoms with van der Waals surface area (Å²) >= 11 is 0. The minimum Gasteiger partial charge on any atom is -0.478 e. The summed E-state index contributed by atoms with van der Waals surface area (Å²) in [6.45, 7) is 2.72. The van der Waals surface area contributed by atoms with E-state index < -0.39 is 16.8 Å². The van der Waals surface area contributed by atoms with Crippen molar-refractivity contribution >= 4 is 22.7 Å². The normalized spacial score (nSPS) is 11.9. The molecule has 1 rings (SSSR count). The fourth-order valence-electron chi connectivity index (χ4n) is 1.80. The van der Waals surface area contributed by atoms with E-state index >= 15 is 0 Å². The lowest BCUT2D eigenvalue weighted by Gasteiger charge is -2.16. The molecule has 116 valence electrons. The van der Waals surface area contributed by atoms with E-state index in [1.54, 1.807) is 24.1 Å². The van der Waals surface area contributed by atoms with Gasteiger partial charge in [-0.1, -0.05) is 25.5 Å². The molecule has 1 N–H and O–H groups in total. The molecule has 0 saturated heterocycles. The maximum Gasteiger partial charge on any atom is 0.335 e. The fraction of sp³-hybridized carbons (Fsp3) is 0.467. The molecule has 0 spiro atoms. The molecule has 1 amide bonds. The summed E-state index contributed by atoms with van der Waals surface area (Å²) in [5.74, 6) is -0.999. The van der Waals surface area contributed by atoms with Gasteiger partial charge in [0.05, 0.1) is 5.56 Å². The largest absolute Gasteiger partial charge is 0.478 e. The van der Waals surface area contributed by atoms with Gasteiger partial charge in [0, 0.05) is 30.1 Å². The predicted octanol–water partition coefficient (Wildman–Crippen LogP) is 1.89. The maximum absolute atomic E-state index is 12.0. The number of carboxylic acid groups (broad SMARTS) is 1. The van der Waals surface area contributed by atoms with Gasteiger partial charge in [0.2, 0.25) is 5.91 Å². The average Bonchev–Trinajstić information content (AvgIpc) is 2.44. The zero-order valence-corrected chi connectivity index (χ0v) is 13.2. The van der Waals surface area contributed by atoms with Crippen molar-refractivity contribution in [3.05, 3.63) is 35.4 Å². The first kappa shape index (κ1) is 17.4. The molecular weight excluding hydrogens is 290 g/mol. The molecule has 0 saturated carbocycles. The molecule has 5 nitrogen and oxygen atoms in total. The molecule has 0 aromatic heterocycles. The fourth-order valence-corrected chi connectivity index (χ4v) is 2.95.